The summed E-state index contributed by atoms with van der Waals surface area (Å²) in [5, 5.41) is 9.76. The number of hydrogen-bond acceptors (Lipinski definition) is 8. The zero-order valence-electron chi connectivity index (χ0n) is 16.2. The first-order valence-electron chi connectivity index (χ1n) is 9.23. The number of nitrogens with one attached hydrogen (secondary N) is 1. The Morgan fingerprint density at radius 2 is 2.13 bits per heavy atom. The molecule has 4 aromatic rings. The van der Waals surface area contributed by atoms with Gasteiger partial charge in [0.25, 0.3) is 0 Å². The van der Waals surface area contributed by atoms with Gasteiger partial charge in [-0.3, -0.25) is 9.78 Å². The van der Waals surface area contributed by atoms with Gasteiger partial charge in [-0.2, -0.15) is 4.98 Å². The number of carbonyl (C=O) groups is 1. The SMILES string of the molecule is CC(C)C(NC(=O)Cc1csc(-c2ccc(Cl)s2)n1)c1nc(-c2cccnc2)no1. The van der Waals surface area contributed by atoms with Crippen LogP contribution in [0.25, 0.3) is 21.3 Å². The van der Waals surface area contributed by atoms with Gasteiger partial charge in [0, 0.05) is 23.3 Å². The quantitative estimate of drug-likeness (QED) is 0.416. The summed E-state index contributed by atoms with van der Waals surface area (Å²) < 4.78 is 6.14. The summed E-state index contributed by atoms with van der Waals surface area (Å²) >= 11 is 8.96. The summed E-state index contributed by atoms with van der Waals surface area (Å²) in [6.45, 7) is 3.97. The van der Waals surface area contributed by atoms with Crippen molar-refractivity contribution in [3.8, 4) is 21.3 Å². The van der Waals surface area contributed by atoms with Crippen LogP contribution >= 0.6 is 34.3 Å². The molecule has 4 aromatic heterocycles. The van der Waals surface area contributed by atoms with Crippen molar-refractivity contribution in [2.75, 3.05) is 0 Å². The maximum absolute atomic E-state index is 12.7. The average Bonchev–Trinajstić information content (AvgIpc) is 3.47. The largest absolute Gasteiger partial charge is 0.344 e. The second kappa shape index (κ2) is 9.03. The van der Waals surface area contributed by atoms with E-state index in [4.69, 9.17) is 16.1 Å². The van der Waals surface area contributed by atoms with Gasteiger partial charge in [0.1, 0.15) is 11.0 Å². The molecule has 0 spiro atoms. The molecule has 0 radical (unpaired) electrons. The number of halogens is 1. The van der Waals surface area contributed by atoms with E-state index in [9.17, 15) is 4.79 Å². The van der Waals surface area contributed by atoms with E-state index in [1.165, 1.54) is 22.7 Å². The lowest BCUT2D eigenvalue weighted by atomic mass is 10.0. The topological polar surface area (TPSA) is 93.8 Å². The van der Waals surface area contributed by atoms with E-state index in [0.717, 1.165) is 15.4 Å². The Morgan fingerprint density at radius 1 is 1.27 bits per heavy atom. The molecule has 0 aliphatic carbocycles. The van der Waals surface area contributed by atoms with E-state index < -0.39 is 6.04 Å². The van der Waals surface area contributed by atoms with Gasteiger partial charge in [-0.25, -0.2) is 4.98 Å². The van der Waals surface area contributed by atoms with Gasteiger partial charge in [-0.15, -0.1) is 22.7 Å². The highest BCUT2D eigenvalue weighted by Gasteiger charge is 2.25. The van der Waals surface area contributed by atoms with Crippen LogP contribution in [0.2, 0.25) is 4.34 Å². The third-order valence-electron chi connectivity index (χ3n) is 4.29. The van der Waals surface area contributed by atoms with Crippen LogP contribution in [-0.4, -0.2) is 26.0 Å². The van der Waals surface area contributed by atoms with Crippen molar-refractivity contribution < 1.29 is 9.32 Å². The number of aromatic nitrogens is 4. The van der Waals surface area contributed by atoms with Crippen LogP contribution in [0.4, 0.5) is 0 Å². The third kappa shape index (κ3) is 4.75. The van der Waals surface area contributed by atoms with Crippen molar-refractivity contribution in [3.05, 3.63) is 58.0 Å². The number of rotatable bonds is 7. The predicted molar refractivity (Wildman–Crippen MR) is 117 cm³/mol. The molecule has 4 heterocycles. The van der Waals surface area contributed by atoms with Gasteiger partial charge in [0.2, 0.25) is 17.6 Å². The Morgan fingerprint density at radius 3 is 2.83 bits per heavy atom. The van der Waals surface area contributed by atoms with Crippen LogP contribution in [0.1, 0.15) is 31.5 Å². The zero-order chi connectivity index (χ0) is 21.1. The van der Waals surface area contributed by atoms with Crippen LogP contribution in [0.15, 0.2) is 46.6 Å². The molecule has 0 bridgehead atoms. The predicted octanol–water partition coefficient (Wildman–Crippen LogP) is 5.03. The fraction of sp³-hybridized carbons (Fsp3) is 0.250. The second-order valence-corrected chi connectivity index (χ2v) is 9.48. The lowest BCUT2D eigenvalue weighted by Crippen LogP contribution is -2.33. The Labute approximate surface area is 186 Å². The van der Waals surface area contributed by atoms with Crippen LogP contribution in [0, 0.1) is 5.92 Å². The molecular formula is C20H18ClN5O2S2. The first kappa shape index (κ1) is 20.6. The van der Waals surface area contributed by atoms with Crippen LogP contribution < -0.4 is 5.32 Å². The molecular weight excluding hydrogens is 442 g/mol. The van der Waals surface area contributed by atoms with Crippen molar-refractivity contribution in [2.45, 2.75) is 26.3 Å². The molecule has 10 heteroatoms. The fourth-order valence-electron chi connectivity index (χ4n) is 2.81. The lowest BCUT2D eigenvalue weighted by molar-refractivity contribution is -0.121. The molecule has 0 aliphatic heterocycles. The molecule has 0 saturated carbocycles. The number of amides is 1. The first-order valence-corrected chi connectivity index (χ1v) is 11.3. The fourth-order valence-corrected chi connectivity index (χ4v) is 4.74. The third-order valence-corrected chi connectivity index (χ3v) is 6.58. The molecule has 0 fully saturated rings. The molecule has 1 atom stereocenters. The molecule has 0 aliphatic rings. The average molecular weight is 460 g/mol. The molecule has 0 saturated heterocycles. The Hall–Kier alpha value is -2.62. The van der Waals surface area contributed by atoms with Crippen molar-refractivity contribution >= 4 is 40.2 Å². The molecule has 30 heavy (non-hydrogen) atoms. The second-order valence-electron chi connectivity index (χ2n) is 6.91. The molecule has 4 rings (SSSR count). The van der Waals surface area contributed by atoms with Gasteiger partial charge in [-0.1, -0.05) is 30.6 Å². The Kier molecular flexibility index (Phi) is 6.21. The van der Waals surface area contributed by atoms with Crippen molar-refractivity contribution in [3.63, 3.8) is 0 Å². The van der Waals surface area contributed by atoms with Crippen LogP contribution in [0.3, 0.4) is 0 Å². The summed E-state index contributed by atoms with van der Waals surface area (Å²) in [4.78, 5) is 26.7. The van der Waals surface area contributed by atoms with E-state index in [1.807, 2.05) is 37.4 Å². The highest BCUT2D eigenvalue weighted by Crippen LogP contribution is 2.33. The standard InChI is InChI=1S/C20H18ClN5O2S2/c1-11(2)17(19-25-18(26-28-19)12-4-3-7-22-9-12)24-16(27)8-13-10-29-20(23-13)14-5-6-15(21)30-14/h3-7,9-11,17H,8H2,1-2H3,(H,24,27). The van der Waals surface area contributed by atoms with E-state index in [1.54, 1.807) is 18.5 Å². The number of pyridine rings is 1. The van der Waals surface area contributed by atoms with Crippen molar-refractivity contribution in [1.29, 1.82) is 0 Å². The summed E-state index contributed by atoms with van der Waals surface area (Å²) in [5.74, 6) is 0.715. The van der Waals surface area contributed by atoms with E-state index in [2.05, 4.69) is 25.4 Å². The smallest absolute Gasteiger partial charge is 0.249 e. The molecule has 0 aromatic carbocycles. The number of carbonyl (C=O) groups excluding carboxylic acids is 1. The molecule has 154 valence electrons. The monoisotopic (exact) mass is 459 g/mol. The molecule has 7 nitrogen and oxygen atoms in total. The highest BCUT2D eigenvalue weighted by atomic mass is 35.5. The normalized spacial score (nSPS) is 12.3. The van der Waals surface area contributed by atoms with Gasteiger partial charge < -0.3 is 9.84 Å². The van der Waals surface area contributed by atoms with Gasteiger partial charge in [0.15, 0.2) is 0 Å². The van der Waals surface area contributed by atoms with Gasteiger partial charge in [-0.05, 0) is 30.2 Å². The Balaban J connectivity index is 1.44. The summed E-state index contributed by atoms with van der Waals surface area (Å²) in [6.07, 6.45) is 3.51. The minimum absolute atomic E-state index is 0.0652. The number of hydrogen-bond donors (Lipinski definition) is 1. The van der Waals surface area contributed by atoms with Gasteiger partial charge >= 0.3 is 0 Å². The maximum Gasteiger partial charge on any atom is 0.249 e. The van der Waals surface area contributed by atoms with E-state index in [0.29, 0.717) is 21.7 Å². The Bertz CT molecular complexity index is 1140. The van der Waals surface area contributed by atoms with Crippen molar-refractivity contribution in [2.24, 2.45) is 5.92 Å². The minimum Gasteiger partial charge on any atom is -0.344 e. The maximum atomic E-state index is 12.7. The van der Waals surface area contributed by atoms with Gasteiger partial charge in [0.05, 0.1) is 21.3 Å². The lowest BCUT2D eigenvalue weighted by Gasteiger charge is -2.18. The highest BCUT2D eigenvalue weighted by molar-refractivity contribution is 7.23. The van der Waals surface area contributed by atoms with Crippen LogP contribution in [-0.2, 0) is 11.2 Å². The molecule has 1 N–H and O–H groups in total. The number of thiazole rings is 1. The van der Waals surface area contributed by atoms with E-state index >= 15 is 0 Å². The van der Waals surface area contributed by atoms with E-state index in [-0.39, 0.29) is 18.2 Å². The number of nitrogens with zero attached hydrogens (tertiary/aromatic N) is 4. The minimum atomic E-state index is -0.398. The van der Waals surface area contributed by atoms with Crippen molar-refractivity contribution in [1.82, 2.24) is 25.4 Å². The molecule has 1 unspecified atom stereocenters. The summed E-state index contributed by atoms with van der Waals surface area (Å²) in [6, 6.07) is 7.03. The first-order chi connectivity index (χ1) is 14.5. The zero-order valence-corrected chi connectivity index (χ0v) is 18.6. The summed E-state index contributed by atoms with van der Waals surface area (Å²) in [7, 11) is 0. The molecule has 1 amide bonds. The van der Waals surface area contributed by atoms with Crippen LogP contribution in [0.5, 0.6) is 0 Å². The number of thiophene rings is 1. The summed E-state index contributed by atoms with van der Waals surface area (Å²) in [5.41, 5.74) is 1.46.